The summed E-state index contributed by atoms with van der Waals surface area (Å²) in [6.45, 7) is 0. The summed E-state index contributed by atoms with van der Waals surface area (Å²) in [5, 5.41) is 8.33. The number of nitrogens with zero attached hydrogens (tertiary/aromatic N) is 5. The first-order chi connectivity index (χ1) is 17.8. The van der Waals surface area contributed by atoms with Crippen molar-refractivity contribution in [2.45, 2.75) is 5.41 Å². The normalized spacial score (nSPS) is 13.2. The zero-order valence-electron chi connectivity index (χ0n) is 19.3. The summed E-state index contributed by atoms with van der Waals surface area (Å²) < 4.78 is 8.07. The van der Waals surface area contributed by atoms with Gasteiger partial charge in [0.25, 0.3) is 0 Å². The molecule has 3 heterocycles. The summed E-state index contributed by atoms with van der Waals surface area (Å²) in [6, 6.07) is 33.6. The van der Waals surface area contributed by atoms with Gasteiger partial charge in [0, 0.05) is 18.5 Å². The van der Waals surface area contributed by atoms with Crippen LogP contribution in [-0.2, 0) is 5.41 Å². The van der Waals surface area contributed by atoms with Gasteiger partial charge in [0.15, 0.2) is 0 Å². The van der Waals surface area contributed by atoms with Gasteiger partial charge in [-0.05, 0) is 52.1 Å². The molecule has 0 spiro atoms. The van der Waals surface area contributed by atoms with Crippen LogP contribution in [0.4, 0.5) is 0 Å². The summed E-state index contributed by atoms with van der Waals surface area (Å²) in [5.41, 5.74) is 6.43. The Labute approximate surface area is 208 Å². The van der Waals surface area contributed by atoms with Crippen molar-refractivity contribution >= 4 is 0 Å². The van der Waals surface area contributed by atoms with E-state index in [2.05, 4.69) is 83.0 Å². The number of hydrogen-bond donors (Lipinski definition) is 0. The van der Waals surface area contributed by atoms with Gasteiger partial charge in [-0.2, -0.15) is 0 Å². The van der Waals surface area contributed by atoms with E-state index in [9.17, 15) is 0 Å². The third-order valence-corrected chi connectivity index (χ3v) is 6.77. The van der Waals surface area contributed by atoms with E-state index in [4.69, 9.17) is 9.72 Å². The van der Waals surface area contributed by atoms with Crippen molar-refractivity contribution in [3.8, 4) is 22.6 Å². The van der Waals surface area contributed by atoms with Crippen LogP contribution in [0.15, 0.2) is 128 Å². The van der Waals surface area contributed by atoms with Crippen LogP contribution in [0.25, 0.3) is 11.1 Å². The van der Waals surface area contributed by atoms with Crippen LogP contribution < -0.4 is 4.74 Å². The van der Waals surface area contributed by atoms with E-state index in [0.29, 0.717) is 5.75 Å². The Morgan fingerprint density at radius 2 is 1.36 bits per heavy atom. The van der Waals surface area contributed by atoms with Crippen molar-refractivity contribution in [1.82, 2.24) is 24.8 Å². The van der Waals surface area contributed by atoms with Crippen molar-refractivity contribution in [1.29, 1.82) is 0 Å². The minimum absolute atomic E-state index is 0.557. The third kappa shape index (κ3) is 3.01. The molecule has 0 aliphatic heterocycles. The van der Waals surface area contributed by atoms with Crippen LogP contribution in [0.5, 0.6) is 11.5 Å². The van der Waals surface area contributed by atoms with Gasteiger partial charge in [-0.15, -0.1) is 10.2 Å². The molecule has 172 valence electrons. The average Bonchev–Trinajstić information content (AvgIpc) is 3.68. The van der Waals surface area contributed by atoms with E-state index in [-0.39, 0.29) is 0 Å². The van der Waals surface area contributed by atoms with Crippen LogP contribution in [-0.4, -0.2) is 24.8 Å². The summed E-state index contributed by atoms with van der Waals surface area (Å²) in [7, 11) is 0. The van der Waals surface area contributed by atoms with Gasteiger partial charge >= 0.3 is 0 Å². The Morgan fingerprint density at radius 1 is 0.639 bits per heavy atom. The zero-order chi connectivity index (χ0) is 24.0. The highest BCUT2D eigenvalue weighted by Gasteiger charge is 2.47. The molecule has 36 heavy (non-hydrogen) atoms. The van der Waals surface area contributed by atoms with Crippen molar-refractivity contribution in [2.75, 3.05) is 0 Å². The minimum atomic E-state index is -0.557. The lowest BCUT2D eigenvalue weighted by Crippen LogP contribution is -2.29. The smallest absolute Gasteiger partial charge is 0.147 e. The summed E-state index contributed by atoms with van der Waals surface area (Å²) >= 11 is 0. The maximum absolute atomic E-state index is 6.30. The second-order valence-electron chi connectivity index (χ2n) is 8.71. The number of rotatable bonds is 5. The fourth-order valence-corrected chi connectivity index (χ4v) is 5.35. The fraction of sp³-hybridized carbons (Fsp3) is 0.0333. The molecule has 0 fully saturated rings. The number of pyridine rings is 1. The van der Waals surface area contributed by atoms with Gasteiger partial charge in [-0.1, -0.05) is 71.6 Å². The highest BCUT2D eigenvalue weighted by Crippen LogP contribution is 2.55. The molecule has 0 saturated carbocycles. The fourth-order valence-electron chi connectivity index (χ4n) is 5.35. The molecule has 0 N–H and O–H groups in total. The molecule has 3 aromatic heterocycles. The molecule has 0 saturated heterocycles. The van der Waals surface area contributed by atoms with Crippen molar-refractivity contribution in [2.24, 2.45) is 0 Å². The Morgan fingerprint density at radius 3 is 2.08 bits per heavy atom. The first-order valence-corrected chi connectivity index (χ1v) is 11.8. The van der Waals surface area contributed by atoms with E-state index in [1.807, 2.05) is 42.9 Å². The standard InChI is InChI=1S/C30H21N5O/c1-3-12-27-25(10-1)26-11-2-4-13-28(26)30(27,29-14-5-6-16-31-29)22-8-7-9-23(20-22)36-24-15-19-34(21-24)35-32-17-18-33-35/h1-21H. The van der Waals surface area contributed by atoms with Crippen molar-refractivity contribution in [3.63, 3.8) is 0 Å². The maximum Gasteiger partial charge on any atom is 0.147 e. The number of ether oxygens (including phenoxy) is 1. The highest BCUT2D eigenvalue weighted by atomic mass is 16.5. The number of fused-ring (bicyclic) bond motifs is 3. The van der Waals surface area contributed by atoms with Crippen molar-refractivity contribution < 1.29 is 4.74 Å². The number of hydrogen-bond acceptors (Lipinski definition) is 4. The van der Waals surface area contributed by atoms with Gasteiger partial charge in [0.05, 0.1) is 29.7 Å². The Hall–Kier alpha value is -4.97. The van der Waals surface area contributed by atoms with Gasteiger partial charge in [0.2, 0.25) is 0 Å². The molecule has 0 radical (unpaired) electrons. The first kappa shape index (κ1) is 20.4. The monoisotopic (exact) mass is 467 g/mol. The molecule has 6 heteroatoms. The lowest BCUT2D eigenvalue weighted by atomic mass is 9.70. The quantitative estimate of drug-likeness (QED) is 0.314. The van der Waals surface area contributed by atoms with E-state index < -0.39 is 5.41 Å². The molecule has 0 bridgehead atoms. The summed E-state index contributed by atoms with van der Waals surface area (Å²) in [5.74, 6) is 1.44. The molecule has 1 aliphatic carbocycles. The largest absolute Gasteiger partial charge is 0.456 e. The van der Waals surface area contributed by atoms with E-state index >= 15 is 0 Å². The van der Waals surface area contributed by atoms with Gasteiger partial charge in [-0.3, -0.25) is 4.98 Å². The predicted octanol–water partition coefficient (Wildman–Crippen LogP) is 5.94. The molecule has 0 atom stereocenters. The topological polar surface area (TPSA) is 57.8 Å². The van der Waals surface area contributed by atoms with Gasteiger partial charge in [-0.25, -0.2) is 4.68 Å². The summed E-state index contributed by atoms with van der Waals surface area (Å²) in [4.78, 5) is 6.38. The minimum Gasteiger partial charge on any atom is -0.456 e. The lowest BCUT2D eigenvalue weighted by Gasteiger charge is -2.32. The predicted molar refractivity (Wildman–Crippen MR) is 137 cm³/mol. The van der Waals surface area contributed by atoms with Crippen molar-refractivity contribution in [3.05, 3.63) is 150 Å². The third-order valence-electron chi connectivity index (χ3n) is 6.77. The van der Waals surface area contributed by atoms with Crippen LogP contribution in [0.3, 0.4) is 0 Å². The maximum atomic E-state index is 6.30. The molecular formula is C30H21N5O. The molecule has 3 aromatic carbocycles. The average molecular weight is 468 g/mol. The SMILES string of the molecule is c1ccc(C2(c3cccc(Oc4ccn(-n5nccn5)c4)c3)c3ccccc3-c3ccccc32)nc1. The van der Waals surface area contributed by atoms with E-state index in [1.165, 1.54) is 27.2 Å². The Kier molecular flexibility index (Phi) is 4.57. The Bertz CT molecular complexity index is 1630. The zero-order valence-corrected chi connectivity index (χ0v) is 19.3. The molecule has 6 aromatic rings. The van der Waals surface area contributed by atoms with E-state index in [1.54, 1.807) is 17.1 Å². The van der Waals surface area contributed by atoms with Gasteiger partial charge in [0.1, 0.15) is 11.5 Å². The first-order valence-electron chi connectivity index (χ1n) is 11.8. The molecule has 6 nitrogen and oxygen atoms in total. The molecular weight excluding hydrogens is 446 g/mol. The molecule has 0 unspecified atom stereocenters. The second-order valence-corrected chi connectivity index (χ2v) is 8.71. The highest BCUT2D eigenvalue weighted by molar-refractivity contribution is 5.85. The number of aromatic nitrogens is 5. The Balaban J connectivity index is 1.39. The van der Waals surface area contributed by atoms with Crippen LogP contribution in [0.2, 0.25) is 0 Å². The molecule has 7 rings (SSSR count). The molecule has 1 aliphatic rings. The summed E-state index contributed by atoms with van der Waals surface area (Å²) in [6.07, 6.45) is 8.85. The van der Waals surface area contributed by atoms with Gasteiger partial charge < -0.3 is 4.74 Å². The van der Waals surface area contributed by atoms with Crippen LogP contribution in [0, 0.1) is 0 Å². The molecule has 0 amide bonds. The second kappa shape index (κ2) is 8.06. The van der Waals surface area contributed by atoms with E-state index in [0.717, 1.165) is 17.0 Å². The van der Waals surface area contributed by atoms with Crippen LogP contribution in [0.1, 0.15) is 22.4 Å². The lowest BCUT2D eigenvalue weighted by molar-refractivity contribution is 0.464. The number of benzene rings is 3. The van der Waals surface area contributed by atoms with Crippen LogP contribution >= 0.6 is 0 Å².